The first kappa shape index (κ1) is 43.7. The summed E-state index contributed by atoms with van der Waals surface area (Å²) in [5, 5.41) is 5.45. The largest absolute Gasteiger partial charge is 0.453 e. The predicted octanol–water partition coefficient (Wildman–Crippen LogP) is 8.32. The van der Waals surface area contributed by atoms with Gasteiger partial charge in [-0.3, -0.25) is 9.59 Å². The Bertz CT molecular complexity index is 2860. The molecule has 1 unspecified atom stereocenters. The summed E-state index contributed by atoms with van der Waals surface area (Å²) in [6, 6.07) is 22.2. The molecule has 5 heterocycles. The van der Waals surface area contributed by atoms with Gasteiger partial charge in [0.2, 0.25) is 5.91 Å². The molecule has 3 aliphatic heterocycles. The van der Waals surface area contributed by atoms with Crippen LogP contribution in [0.2, 0.25) is 0 Å². The number of carbonyl (C=O) groups excluding carboxylic acids is 4. The molecule has 67 heavy (non-hydrogen) atoms. The molecule has 0 bridgehead atoms. The van der Waals surface area contributed by atoms with Crippen LogP contribution >= 0.6 is 0 Å². The number of nitrogens with zero attached hydrogens (tertiary/aromatic N) is 4. The highest BCUT2D eigenvalue weighted by molar-refractivity contribution is 5.89. The highest BCUT2D eigenvalue weighted by Crippen LogP contribution is 2.53. The van der Waals surface area contributed by atoms with Gasteiger partial charge in [0.1, 0.15) is 23.7 Å². The number of alkyl carbamates (subject to hydrolysis) is 2. The van der Waals surface area contributed by atoms with Crippen molar-refractivity contribution in [2.75, 3.05) is 40.5 Å². The number of aromatic amines is 2. The number of imidazole rings is 2. The Hall–Kier alpha value is -7.14. The molecule has 0 radical (unpaired) electrons. The molecule has 10 rings (SSSR count). The number of aromatic nitrogens is 4. The van der Waals surface area contributed by atoms with E-state index in [1.165, 1.54) is 20.3 Å². The zero-order chi connectivity index (χ0) is 46.4. The second-order valence-electron chi connectivity index (χ2n) is 17.6. The molecule has 3 fully saturated rings. The molecule has 4 amide bonds. The summed E-state index contributed by atoms with van der Waals surface area (Å²) in [6.45, 7) is 1.99. The number of nitrogens with one attached hydrogen (secondary N) is 4. The van der Waals surface area contributed by atoms with Gasteiger partial charge in [-0.15, -0.1) is 0 Å². The zero-order valence-electron chi connectivity index (χ0n) is 37.0. The van der Waals surface area contributed by atoms with Crippen LogP contribution in [0.1, 0.15) is 85.0 Å². The number of likely N-dealkylation sites (tertiary alicyclic amines) is 2. The van der Waals surface area contributed by atoms with E-state index in [0.717, 1.165) is 12.0 Å². The lowest BCUT2D eigenvalue weighted by atomic mass is 9.90. The minimum Gasteiger partial charge on any atom is -0.453 e. The molecule has 3 saturated heterocycles. The predicted molar refractivity (Wildman–Crippen MR) is 243 cm³/mol. The lowest BCUT2D eigenvalue weighted by Gasteiger charge is -2.34. The summed E-state index contributed by atoms with van der Waals surface area (Å²) in [5.41, 5.74) is 5.07. The Morgan fingerprint density at radius 3 is 2.04 bits per heavy atom. The Labute approximate surface area is 384 Å². The van der Waals surface area contributed by atoms with Gasteiger partial charge in [0.25, 0.3) is 11.8 Å². The molecule has 6 aromatic rings. The SMILES string of the molecule is COC(=O)NC(C(=O)N1CCC[C@H]1c1nc2ccc(-c3ccc4c(c3)C(F)(F)c3cc(-c5cnc([C@@H]6CCCN6C(=O)[C@H](NC(=O)OC)c6ccccc6)[nH]5)ccc3-4)cc2[nH]1)C1CCOCC1. The molecule has 0 saturated carbocycles. The molecule has 0 spiro atoms. The summed E-state index contributed by atoms with van der Waals surface area (Å²) in [5.74, 6) is -2.74. The smallest absolute Gasteiger partial charge is 0.407 e. The van der Waals surface area contributed by atoms with Gasteiger partial charge in [0.15, 0.2) is 0 Å². The second kappa shape index (κ2) is 17.9. The number of amides is 4. The molecule has 2 aromatic heterocycles. The monoisotopic (exact) mass is 912 g/mol. The van der Waals surface area contributed by atoms with Crippen LogP contribution in [-0.4, -0.2) is 100 Å². The van der Waals surface area contributed by atoms with E-state index in [9.17, 15) is 19.2 Å². The summed E-state index contributed by atoms with van der Waals surface area (Å²) >= 11 is 0. The fourth-order valence-corrected chi connectivity index (χ4v) is 10.3. The first-order valence-electron chi connectivity index (χ1n) is 22.7. The number of halogens is 2. The summed E-state index contributed by atoms with van der Waals surface area (Å²) in [7, 11) is 2.52. The van der Waals surface area contributed by atoms with E-state index in [4.69, 9.17) is 19.2 Å². The van der Waals surface area contributed by atoms with Crippen LogP contribution in [0.3, 0.4) is 0 Å². The van der Waals surface area contributed by atoms with Crippen molar-refractivity contribution in [3.8, 4) is 33.5 Å². The van der Waals surface area contributed by atoms with E-state index in [1.54, 1.807) is 64.5 Å². The van der Waals surface area contributed by atoms with E-state index in [0.29, 0.717) is 115 Å². The molecule has 4 aromatic carbocycles. The average molecular weight is 913 g/mol. The van der Waals surface area contributed by atoms with Crippen molar-refractivity contribution in [1.29, 1.82) is 0 Å². The van der Waals surface area contributed by atoms with Crippen molar-refractivity contribution in [2.45, 2.75) is 68.6 Å². The molecule has 4 N–H and O–H groups in total. The number of methoxy groups -OCH3 is 2. The molecule has 1 aliphatic carbocycles. The number of alkyl halides is 2. The van der Waals surface area contributed by atoms with Gasteiger partial charge in [0.05, 0.1) is 49.2 Å². The molecular weight excluding hydrogens is 863 g/mol. The van der Waals surface area contributed by atoms with Crippen LogP contribution in [0, 0.1) is 5.92 Å². The van der Waals surface area contributed by atoms with Crippen LogP contribution < -0.4 is 10.6 Å². The van der Waals surface area contributed by atoms with E-state index in [2.05, 4.69) is 25.6 Å². The van der Waals surface area contributed by atoms with Gasteiger partial charge < -0.3 is 44.6 Å². The number of ether oxygens (including phenoxy) is 3. The Morgan fingerprint density at radius 2 is 1.34 bits per heavy atom. The number of H-pyrrole nitrogens is 2. The Morgan fingerprint density at radius 1 is 0.731 bits per heavy atom. The van der Waals surface area contributed by atoms with Crippen LogP contribution in [0.4, 0.5) is 18.4 Å². The first-order chi connectivity index (χ1) is 32.5. The third-order valence-corrected chi connectivity index (χ3v) is 13.7. The van der Waals surface area contributed by atoms with E-state index >= 15 is 8.78 Å². The van der Waals surface area contributed by atoms with Crippen molar-refractivity contribution < 1.29 is 42.2 Å². The number of fused-ring (bicyclic) bond motifs is 4. The highest BCUT2D eigenvalue weighted by atomic mass is 19.3. The summed E-state index contributed by atoms with van der Waals surface area (Å²) < 4.78 is 48.5. The molecular formula is C50H50F2N8O7. The fraction of sp³-hybridized carbons (Fsp3) is 0.360. The van der Waals surface area contributed by atoms with Crippen molar-refractivity contribution in [2.24, 2.45) is 5.92 Å². The molecule has 4 atom stereocenters. The van der Waals surface area contributed by atoms with Crippen molar-refractivity contribution >= 4 is 35.0 Å². The number of hydrogen-bond acceptors (Lipinski definition) is 9. The van der Waals surface area contributed by atoms with E-state index in [1.807, 2.05) is 30.3 Å². The lowest BCUT2D eigenvalue weighted by molar-refractivity contribution is -0.137. The maximum atomic E-state index is 16.6. The summed E-state index contributed by atoms with van der Waals surface area (Å²) in [6.07, 6.45) is 4.29. The van der Waals surface area contributed by atoms with Gasteiger partial charge in [-0.1, -0.05) is 60.7 Å². The van der Waals surface area contributed by atoms with Crippen LogP contribution in [0.5, 0.6) is 0 Å². The van der Waals surface area contributed by atoms with Gasteiger partial charge in [-0.05, 0) is 96.5 Å². The first-order valence-corrected chi connectivity index (χ1v) is 22.7. The van der Waals surface area contributed by atoms with Gasteiger partial charge in [0, 0.05) is 43.0 Å². The Kier molecular flexibility index (Phi) is 11.7. The minimum atomic E-state index is -3.30. The zero-order valence-corrected chi connectivity index (χ0v) is 37.0. The summed E-state index contributed by atoms with van der Waals surface area (Å²) in [4.78, 5) is 72.5. The number of rotatable bonds is 10. The highest BCUT2D eigenvalue weighted by Gasteiger charge is 2.45. The molecule has 17 heteroatoms. The van der Waals surface area contributed by atoms with Crippen LogP contribution in [0.25, 0.3) is 44.5 Å². The van der Waals surface area contributed by atoms with Crippen LogP contribution in [0.15, 0.2) is 91.1 Å². The lowest BCUT2D eigenvalue weighted by Crippen LogP contribution is -2.53. The number of hydrogen-bond donors (Lipinski definition) is 4. The minimum absolute atomic E-state index is 0.0907. The van der Waals surface area contributed by atoms with Gasteiger partial charge >= 0.3 is 12.2 Å². The van der Waals surface area contributed by atoms with E-state index in [-0.39, 0.29) is 34.9 Å². The van der Waals surface area contributed by atoms with Gasteiger partial charge in [-0.2, -0.15) is 8.78 Å². The second-order valence-corrected chi connectivity index (χ2v) is 17.6. The molecule has 346 valence electrons. The van der Waals surface area contributed by atoms with Crippen LogP contribution in [-0.2, 0) is 29.7 Å². The fourth-order valence-electron chi connectivity index (χ4n) is 10.3. The van der Waals surface area contributed by atoms with Crippen molar-refractivity contribution in [3.63, 3.8) is 0 Å². The Balaban J connectivity index is 0.869. The van der Waals surface area contributed by atoms with Crippen molar-refractivity contribution in [1.82, 2.24) is 40.4 Å². The standard InChI is InChI=1S/C50H50F2N8O7/c1-65-48(63)57-42(28-8-4-3-5-9-28)46(61)59-20-6-10-40(59)44-53-27-39(56-44)32-13-16-34-33-15-12-30(24-35(33)50(51,52)36(34)25-32)31-14-17-37-38(26-31)55-45(54-37)41-11-7-21-60(41)47(62)43(58-49(64)66-2)29-18-22-67-23-19-29/h3-5,8-9,12-17,24-27,29,40-43H,6-7,10-11,18-23H2,1-2H3,(H,53,56)(H,54,55)(H,57,63)(H,58,64)/t40-,41-,42+,43?/m0/s1. The quantitative estimate of drug-likeness (QED) is 0.105. The maximum absolute atomic E-state index is 16.6. The van der Waals surface area contributed by atoms with Gasteiger partial charge in [-0.25, -0.2) is 19.6 Å². The topological polar surface area (TPSA) is 184 Å². The molecule has 15 nitrogen and oxygen atoms in total. The van der Waals surface area contributed by atoms with E-state index < -0.39 is 36.2 Å². The maximum Gasteiger partial charge on any atom is 0.407 e. The average Bonchev–Trinajstić information content (AvgIpc) is 4.23. The normalized spacial score (nSPS) is 19.7. The number of benzene rings is 4. The third kappa shape index (κ3) is 8.14. The molecule has 4 aliphatic rings. The van der Waals surface area contributed by atoms with Crippen molar-refractivity contribution in [3.05, 3.63) is 119 Å². The number of carbonyl (C=O) groups is 4. The third-order valence-electron chi connectivity index (χ3n) is 13.7.